The molecule has 0 bridgehead atoms. The van der Waals surface area contributed by atoms with E-state index in [1.54, 1.807) is 42.5 Å². The maximum absolute atomic E-state index is 12.2. The summed E-state index contributed by atoms with van der Waals surface area (Å²) in [6, 6.07) is 19.2. The lowest BCUT2D eigenvalue weighted by Gasteiger charge is -2.14. The lowest BCUT2D eigenvalue weighted by atomic mass is 10.2. The van der Waals surface area contributed by atoms with Crippen LogP contribution in [0.1, 0.15) is 22.8 Å². The first-order chi connectivity index (χ1) is 16.0. The molecule has 0 aliphatic carbocycles. The van der Waals surface area contributed by atoms with Crippen LogP contribution in [-0.2, 0) is 4.79 Å². The number of hydrogen-bond donors (Lipinski definition) is 2. The molecule has 0 spiro atoms. The molecule has 0 aliphatic rings. The summed E-state index contributed by atoms with van der Waals surface area (Å²) in [6.45, 7) is 2.10. The Hall–Kier alpha value is -3.11. The second-order valence-corrected chi connectivity index (χ2v) is 8.27. The third-order valence-corrected chi connectivity index (χ3v) is 5.28. The fraction of sp³-hybridized carbons (Fsp3) is 0.125. The predicted octanol–water partition coefficient (Wildman–Crippen LogP) is 5.12. The highest BCUT2D eigenvalue weighted by Crippen LogP contribution is 2.34. The lowest BCUT2D eigenvalue weighted by Crippen LogP contribution is -2.20. The van der Waals surface area contributed by atoms with Gasteiger partial charge < -0.3 is 14.8 Å². The summed E-state index contributed by atoms with van der Waals surface area (Å²) >= 11 is 7.94. The van der Waals surface area contributed by atoms with E-state index in [4.69, 9.17) is 21.1 Å². The van der Waals surface area contributed by atoms with Gasteiger partial charge in [0.15, 0.2) is 18.1 Å². The van der Waals surface area contributed by atoms with Crippen LogP contribution in [0.25, 0.3) is 0 Å². The number of anilines is 1. The Morgan fingerprint density at radius 3 is 2.48 bits per heavy atom. The van der Waals surface area contributed by atoms with Gasteiger partial charge in [0.05, 0.1) is 16.4 Å². The van der Waals surface area contributed by atoms with Crippen LogP contribution in [-0.4, -0.2) is 31.2 Å². The first-order valence-electron chi connectivity index (χ1n) is 9.99. The Labute approximate surface area is 210 Å². The number of ether oxygens (including phenoxy) is 2. The number of carbonyl (C=O) groups excluding carboxylic acids is 2. The molecule has 7 nitrogen and oxygen atoms in total. The van der Waals surface area contributed by atoms with Gasteiger partial charge in [-0.2, -0.15) is 5.10 Å². The predicted molar refractivity (Wildman–Crippen MR) is 137 cm³/mol. The average Bonchev–Trinajstić information content (AvgIpc) is 2.80. The Balaban J connectivity index is 1.65. The van der Waals surface area contributed by atoms with Crippen molar-refractivity contribution < 1.29 is 19.1 Å². The summed E-state index contributed by atoms with van der Waals surface area (Å²) in [6.07, 6.45) is 1.50. The Morgan fingerprint density at radius 2 is 1.79 bits per heavy atom. The van der Waals surface area contributed by atoms with Crippen LogP contribution in [0.4, 0.5) is 5.69 Å². The maximum Gasteiger partial charge on any atom is 0.271 e. The van der Waals surface area contributed by atoms with E-state index in [1.807, 2.05) is 31.2 Å². The molecule has 0 fully saturated rings. The minimum atomic E-state index is -0.355. The van der Waals surface area contributed by atoms with Gasteiger partial charge in [-0.1, -0.05) is 29.8 Å². The molecule has 0 unspecified atom stereocenters. The number of benzene rings is 3. The van der Waals surface area contributed by atoms with E-state index in [2.05, 4.69) is 38.4 Å². The van der Waals surface area contributed by atoms with E-state index in [0.717, 1.165) is 3.57 Å². The molecule has 170 valence electrons. The second kappa shape index (κ2) is 12.2. The van der Waals surface area contributed by atoms with Gasteiger partial charge in [0.25, 0.3) is 11.8 Å². The zero-order valence-corrected chi connectivity index (χ0v) is 20.6. The van der Waals surface area contributed by atoms with E-state index < -0.39 is 0 Å². The van der Waals surface area contributed by atoms with Gasteiger partial charge in [-0.25, -0.2) is 5.43 Å². The summed E-state index contributed by atoms with van der Waals surface area (Å²) < 4.78 is 12.2. The van der Waals surface area contributed by atoms with E-state index in [9.17, 15) is 9.59 Å². The SMILES string of the molecule is CCOc1cc(/C=N\NC(=O)c2ccc(Cl)cc2)cc(I)c1OCC(=O)Nc1ccccc1. The highest BCUT2D eigenvalue weighted by molar-refractivity contribution is 14.1. The van der Waals surface area contributed by atoms with Crippen molar-refractivity contribution in [3.05, 3.63) is 86.4 Å². The van der Waals surface area contributed by atoms with Gasteiger partial charge in [0, 0.05) is 16.3 Å². The number of para-hydroxylation sites is 1. The molecule has 0 aromatic heterocycles. The van der Waals surface area contributed by atoms with Crippen LogP contribution >= 0.6 is 34.2 Å². The minimum absolute atomic E-state index is 0.171. The monoisotopic (exact) mass is 577 g/mol. The molecular formula is C24H21ClIN3O4. The smallest absolute Gasteiger partial charge is 0.271 e. The number of carbonyl (C=O) groups is 2. The van der Waals surface area contributed by atoms with Gasteiger partial charge >= 0.3 is 0 Å². The van der Waals surface area contributed by atoms with Crippen molar-refractivity contribution in [1.29, 1.82) is 0 Å². The van der Waals surface area contributed by atoms with E-state index in [1.165, 1.54) is 6.21 Å². The molecule has 0 saturated carbocycles. The number of halogens is 2. The van der Waals surface area contributed by atoms with Crippen LogP contribution in [0.5, 0.6) is 11.5 Å². The number of hydrazone groups is 1. The van der Waals surface area contributed by atoms with Crippen LogP contribution in [0, 0.1) is 3.57 Å². The standard InChI is InChI=1S/C24H21ClIN3O4/c1-2-32-21-13-16(14-27-29-24(31)17-8-10-18(25)11-9-17)12-20(26)23(21)33-15-22(30)28-19-6-4-3-5-7-19/h3-14H,2,15H2,1H3,(H,28,30)(H,29,31)/b27-14-. The Kier molecular flexibility index (Phi) is 9.08. The van der Waals surface area contributed by atoms with Crippen molar-refractivity contribution in [2.75, 3.05) is 18.5 Å². The van der Waals surface area contributed by atoms with Crippen LogP contribution in [0.2, 0.25) is 5.02 Å². The molecule has 9 heteroatoms. The zero-order valence-electron chi connectivity index (χ0n) is 17.7. The third-order valence-electron chi connectivity index (χ3n) is 4.22. The molecule has 0 aliphatic heterocycles. The Bertz CT molecular complexity index is 1140. The molecule has 0 radical (unpaired) electrons. The summed E-state index contributed by atoms with van der Waals surface area (Å²) in [4.78, 5) is 24.4. The first-order valence-corrected chi connectivity index (χ1v) is 11.4. The minimum Gasteiger partial charge on any atom is -0.490 e. The van der Waals surface area contributed by atoms with Gasteiger partial charge in [-0.05, 0) is 83.6 Å². The second-order valence-electron chi connectivity index (χ2n) is 6.67. The Morgan fingerprint density at radius 1 is 1.06 bits per heavy atom. The van der Waals surface area contributed by atoms with Crippen molar-refractivity contribution in [2.45, 2.75) is 6.92 Å². The van der Waals surface area contributed by atoms with E-state index in [0.29, 0.717) is 39.9 Å². The van der Waals surface area contributed by atoms with Crippen molar-refractivity contribution in [3.63, 3.8) is 0 Å². The van der Waals surface area contributed by atoms with E-state index in [-0.39, 0.29) is 18.4 Å². The molecule has 0 atom stereocenters. The number of rotatable bonds is 9. The van der Waals surface area contributed by atoms with Crippen molar-refractivity contribution in [3.8, 4) is 11.5 Å². The average molecular weight is 578 g/mol. The molecule has 3 rings (SSSR count). The molecule has 3 aromatic rings. The van der Waals surface area contributed by atoms with Crippen LogP contribution < -0.4 is 20.2 Å². The summed E-state index contributed by atoms with van der Waals surface area (Å²) in [5.41, 5.74) is 4.31. The molecule has 2 N–H and O–H groups in total. The lowest BCUT2D eigenvalue weighted by molar-refractivity contribution is -0.118. The number of amides is 2. The van der Waals surface area contributed by atoms with Gasteiger partial charge in [-0.15, -0.1) is 0 Å². The van der Waals surface area contributed by atoms with Gasteiger partial charge in [-0.3, -0.25) is 9.59 Å². The molecule has 0 heterocycles. The summed E-state index contributed by atoms with van der Waals surface area (Å²) in [5.74, 6) is 0.299. The number of nitrogens with one attached hydrogen (secondary N) is 2. The molecule has 2 amide bonds. The first kappa shape index (κ1) is 24.5. The largest absolute Gasteiger partial charge is 0.490 e. The highest BCUT2D eigenvalue weighted by atomic mass is 127. The number of hydrogen-bond acceptors (Lipinski definition) is 5. The highest BCUT2D eigenvalue weighted by Gasteiger charge is 2.14. The van der Waals surface area contributed by atoms with E-state index >= 15 is 0 Å². The zero-order chi connectivity index (χ0) is 23.6. The maximum atomic E-state index is 12.2. The fourth-order valence-corrected chi connectivity index (χ4v) is 3.66. The normalized spacial score (nSPS) is 10.6. The number of nitrogens with zero attached hydrogens (tertiary/aromatic N) is 1. The fourth-order valence-electron chi connectivity index (χ4n) is 2.75. The topological polar surface area (TPSA) is 89.0 Å². The quantitative estimate of drug-likeness (QED) is 0.210. The van der Waals surface area contributed by atoms with Crippen molar-refractivity contribution in [1.82, 2.24) is 5.43 Å². The molecule has 0 saturated heterocycles. The molecule has 33 heavy (non-hydrogen) atoms. The van der Waals surface area contributed by atoms with Crippen molar-refractivity contribution in [2.24, 2.45) is 5.10 Å². The van der Waals surface area contributed by atoms with Crippen LogP contribution in [0.15, 0.2) is 71.8 Å². The van der Waals surface area contributed by atoms with Crippen molar-refractivity contribution >= 4 is 57.9 Å². The van der Waals surface area contributed by atoms with Gasteiger partial charge in [0.2, 0.25) is 0 Å². The summed E-state index contributed by atoms with van der Waals surface area (Å²) in [7, 11) is 0. The van der Waals surface area contributed by atoms with Gasteiger partial charge in [0.1, 0.15) is 0 Å². The van der Waals surface area contributed by atoms with Crippen LogP contribution in [0.3, 0.4) is 0 Å². The molecule has 3 aromatic carbocycles. The summed E-state index contributed by atoms with van der Waals surface area (Å²) in [5, 5.41) is 7.33. The third kappa shape index (κ3) is 7.47. The molecular weight excluding hydrogens is 557 g/mol.